The van der Waals surface area contributed by atoms with E-state index in [0.29, 0.717) is 0 Å². The molecule has 0 spiro atoms. The molecule has 0 aliphatic rings. The van der Waals surface area contributed by atoms with Gasteiger partial charge in [0, 0.05) is 111 Å². The van der Waals surface area contributed by atoms with E-state index in [4.69, 9.17) is 9.97 Å². The summed E-state index contributed by atoms with van der Waals surface area (Å²) in [4.78, 5) is 10.1. The molecular weight excluding hydrogens is 1580 g/mol. The molecule has 0 N–H and O–H groups in total. The Morgan fingerprint density at radius 3 is 0.738 bits per heavy atom. The highest BCUT2D eigenvalue weighted by Gasteiger charge is 2.21. The first-order chi connectivity index (χ1) is 64.0. The molecule has 19 aromatic carbocycles. The van der Waals surface area contributed by atoms with Crippen LogP contribution in [0.15, 0.2) is 473 Å². The average molecular weight is 1670 g/mol. The normalized spacial score (nSPS) is 11.3. The van der Waals surface area contributed by atoms with Gasteiger partial charge in [-0.3, -0.25) is 0 Å². The molecular formula is C123H93N7. The van der Waals surface area contributed by atoms with Crippen LogP contribution in [0.25, 0.3) is 199 Å². The third-order valence-corrected chi connectivity index (χ3v) is 25.1. The minimum atomic E-state index is 0.723. The molecule has 0 bridgehead atoms. The Labute approximate surface area is 756 Å². The zero-order valence-electron chi connectivity index (χ0n) is 73.2. The van der Waals surface area contributed by atoms with E-state index in [9.17, 15) is 0 Å². The molecule has 6 aromatic heterocycles. The molecule has 7 heteroatoms. The third-order valence-electron chi connectivity index (χ3n) is 25.1. The summed E-state index contributed by atoms with van der Waals surface area (Å²) in [5, 5.41) is 12.9. The molecule has 6 heterocycles. The van der Waals surface area contributed by atoms with E-state index in [0.717, 1.165) is 39.6 Å². The maximum atomic E-state index is 5.05. The Balaban J connectivity index is 0.000000102. The molecule has 0 fully saturated rings. The lowest BCUT2D eigenvalue weighted by Crippen LogP contribution is -1.96. The van der Waals surface area contributed by atoms with Gasteiger partial charge in [0.2, 0.25) is 0 Å². The van der Waals surface area contributed by atoms with Gasteiger partial charge < -0.3 is 22.8 Å². The van der Waals surface area contributed by atoms with Crippen LogP contribution < -0.4 is 0 Å². The highest BCUT2D eigenvalue weighted by molar-refractivity contribution is 6.14. The summed E-state index contributed by atoms with van der Waals surface area (Å²) in [6.07, 6.45) is 0. The van der Waals surface area contributed by atoms with Gasteiger partial charge in [0.1, 0.15) is 0 Å². The molecule has 7 nitrogen and oxygen atoms in total. The second kappa shape index (κ2) is 35.4. The van der Waals surface area contributed by atoms with Crippen LogP contribution in [0.4, 0.5) is 0 Å². The number of hydrogen-bond acceptors (Lipinski definition) is 2. The lowest BCUT2D eigenvalue weighted by Gasteiger charge is -2.10. The number of fused-ring (bicyclic) bond motifs is 15. The maximum Gasteiger partial charge on any atom is 0.160 e. The minimum absolute atomic E-state index is 0.723. The van der Waals surface area contributed by atoms with E-state index in [1.54, 1.807) is 0 Å². The fourth-order valence-corrected chi connectivity index (χ4v) is 18.7. The number of rotatable bonds is 10. The van der Waals surface area contributed by atoms with Crippen LogP contribution in [0.1, 0.15) is 22.3 Å². The number of aryl methyl sites for hydroxylation is 5. The van der Waals surface area contributed by atoms with Crippen molar-refractivity contribution in [2.24, 2.45) is 7.05 Å². The van der Waals surface area contributed by atoms with E-state index in [2.05, 4.69) is 494 Å². The van der Waals surface area contributed by atoms with E-state index < -0.39 is 0 Å². The van der Waals surface area contributed by atoms with Gasteiger partial charge in [-0.2, -0.15) is 0 Å². The monoisotopic (exact) mass is 1670 g/mol. The predicted octanol–water partition coefficient (Wildman–Crippen LogP) is 32.5. The van der Waals surface area contributed by atoms with Gasteiger partial charge in [-0.05, 0) is 219 Å². The van der Waals surface area contributed by atoms with Crippen LogP contribution in [-0.4, -0.2) is 32.8 Å². The predicted molar refractivity (Wildman–Crippen MR) is 551 cm³/mol. The molecule has 0 radical (unpaired) electrons. The van der Waals surface area contributed by atoms with Crippen molar-refractivity contribution < 1.29 is 0 Å². The van der Waals surface area contributed by atoms with Crippen LogP contribution in [0.5, 0.6) is 0 Å². The van der Waals surface area contributed by atoms with Crippen LogP contribution in [-0.2, 0) is 7.05 Å². The van der Waals surface area contributed by atoms with E-state index >= 15 is 0 Å². The van der Waals surface area contributed by atoms with Crippen LogP contribution in [0.3, 0.4) is 0 Å². The molecule has 130 heavy (non-hydrogen) atoms. The summed E-state index contributed by atoms with van der Waals surface area (Å²) >= 11 is 0. The molecule has 25 rings (SSSR count). The zero-order valence-corrected chi connectivity index (χ0v) is 73.2. The van der Waals surface area contributed by atoms with Crippen molar-refractivity contribution >= 4 is 109 Å². The average Bonchev–Trinajstić information content (AvgIpc) is 1.60. The van der Waals surface area contributed by atoms with Crippen molar-refractivity contribution in [1.29, 1.82) is 0 Å². The summed E-state index contributed by atoms with van der Waals surface area (Å²) < 4.78 is 11.7. The molecule has 25 aromatic rings. The first kappa shape index (κ1) is 80.4. The fraction of sp³-hybridized carbons (Fsp3) is 0.0407. The van der Waals surface area contributed by atoms with Gasteiger partial charge in [0.15, 0.2) is 5.82 Å². The molecule has 0 unspecified atom stereocenters. The Morgan fingerprint density at radius 1 is 0.154 bits per heavy atom. The number of nitrogens with zero attached hydrogens (tertiary/aromatic N) is 7. The molecule has 620 valence electrons. The molecule has 0 saturated heterocycles. The van der Waals surface area contributed by atoms with Crippen molar-refractivity contribution in [3.63, 3.8) is 0 Å². The summed E-state index contributed by atoms with van der Waals surface area (Å²) in [5.74, 6) is 0.723. The highest BCUT2D eigenvalue weighted by atomic mass is 15.0. The maximum absolute atomic E-state index is 5.05. The summed E-state index contributed by atoms with van der Waals surface area (Å²) in [6.45, 7) is 8.58. The van der Waals surface area contributed by atoms with E-state index in [1.807, 2.05) is 36.4 Å². The van der Waals surface area contributed by atoms with Gasteiger partial charge in [-0.15, -0.1) is 0 Å². The first-order valence-electron chi connectivity index (χ1n) is 44.6. The lowest BCUT2D eigenvalue weighted by atomic mass is 10.0. The number of benzene rings is 19. The van der Waals surface area contributed by atoms with Crippen LogP contribution >= 0.6 is 0 Å². The van der Waals surface area contributed by atoms with Crippen molar-refractivity contribution in [1.82, 2.24) is 32.8 Å². The van der Waals surface area contributed by atoms with Crippen LogP contribution in [0.2, 0.25) is 0 Å². The van der Waals surface area contributed by atoms with Gasteiger partial charge in [0.25, 0.3) is 0 Å². The van der Waals surface area contributed by atoms with Gasteiger partial charge >= 0.3 is 0 Å². The summed E-state index contributed by atoms with van der Waals surface area (Å²) in [5.41, 5.74) is 34.7. The van der Waals surface area contributed by atoms with E-state index in [-0.39, 0.29) is 0 Å². The number of para-hydroxylation sites is 6. The van der Waals surface area contributed by atoms with E-state index in [1.165, 1.54) is 182 Å². The third kappa shape index (κ3) is 15.7. The minimum Gasteiger partial charge on any atom is -0.344 e. The number of hydrogen-bond donors (Lipinski definition) is 0. The topological polar surface area (TPSA) is 50.4 Å². The van der Waals surface area contributed by atoms with Crippen molar-refractivity contribution in [3.05, 3.63) is 495 Å². The zero-order chi connectivity index (χ0) is 87.5. The summed E-state index contributed by atoms with van der Waals surface area (Å²) in [7, 11) is 2.12. The quantitative estimate of drug-likeness (QED) is 0.137. The fourth-order valence-electron chi connectivity index (χ4n) is 18.7. The van der Waals surface area contributed by atoms with Crippen LogP contribution in [0, 0.1) is 27.7 Å². The molecule has 0 atom stereocenters. The van der Waals surface area contributed by atoms with Gasteiger partial charge in [0.05, 0.1) is 55.5 Å². The highest BCUT2D eigenvalue weighted by Crippen LogP contribution is 2.42. The summed E-state index contributed by atoms with van der Waals surface area (Å²) in [6, 6.07) is 168. The Morgan fingerprint density at radius 2 is 0.377 bits per heavy atom. The lowest BCUT2D eigenvalue weighted by molar-refractivity contribution is 1.01. The van der Waals surface area contributed by atoms with Crippen molar-refractivity contribution in [2.45, 2.75) is 27.7 Å². The standard InChI is InChI=1S/C35H25N3.C31H23N.C25H19N.C19H15N.C13H11N/c1-24-17-19-33-29(21-24)30-22-27(18-20-34(30)38(33)28-15-9-4-10-16-28)35-36-31(25-11-5-2-6-12-25)23-32(37-35)26-13-7-3-8-14-26;1-22-12-16-27(17-13-22)32-30-18-14-25(23-8-4-2-5-9-23)20-28(30)29-21-26(15-19-31(29)32)24-10-6-3-7-11-24;1-18-11-16-25-23(17-18)22-9-5-6-10-24(22)26(25)21-14-12-20(13-15-21)19-7-3-2-4-8-19;1-14-11-12-19-17(13-14)16-9-5-6-10-18(16)20(19)15-7-3-2-4-8-15;1-14-12-8-4-2-6-10(12)11-7-3-5-9-13(11)14/h2-23H,1H3;2-21H,1H3;2-17H,1H3;2-13H,1H3;2-9H,1H3. The first-order valence-corrected chi connectivity index (χ1v) is 44.6. The van der Waals surface area contributed by atoms with Gasteiger partial charge in [-0.25, -0.2) is 9.97 Å². The van der Waals surface area contributed by atoms with Gasteiger partial charge in [-0.1, -0.05) is 338 Å². The Kier molecular flexibility index (Phi) is 21.9. The largest absolute Gasteiger partial charge is 0.344 e. The molecule has 0 aliphatic heterocycles. The Hall–Kier alpha value is -16.7. The SMILES string of the molecule is Cc1ccc(-n2c3ccc(-c4ccccc4)cc3c3cc(-c4ccccc4)ccc32)cc1.Cc1ccc2c(c1)c1cc(-c3nc(-c4ccccc4)cc(-c4ccccc4)n3)ccc1n2-c1ccccc1.Cc1ccc2c(c1)c1ccccc1n2-c1ccc(-c2ccccc2)cc1.Cc1ccc2c(c1)c1ccccc1n2-c1ccccc1.Cn1c2ccccc2c2ccccc21. The molecule has 0 aliphatic carbocycles. The second-order valence-corrected chi connectivity index (χ2v) is 33.6. The Bertz CT molecular complexity index is 8190. The smallest absolute Gasteiger partial charge is 0.160 e. The molecule has 0 amide bonds. The number of aromatic nitrogens is 7. The second-order valence-electron chi connectivity index (χ2n) is 33.6. The molecule has 0 saturated carbocycles. The van der Waals surface area contributed by atoms with Crippen molar-refractivity contribution in [3.8, 4) is 90.0 Å². The van der Waals surface area contributed by atoms with Crippen molar-refractivity contribution in [2.75, 3.05) is 0 Å².